The highest BCUT2D eigenvalue weighted by atomic mass is 32.2. The number of nitrogens with zero attached hydrogens (tertiary/aromatic N) is 1. The third kappa shape index (κ3) is 4.26. The molecule has 7 nitrogen and oxygen atoms in total. The molecule has 12 heteroatoms. The van der Waals surface area contributed by atoms with Crippen molar-refractivity contribution < 1.29 is 40.2 Å². The Kier molecular flexibility index (Phi) is 5.62. The third-order valence-corrected chi connectivity index (χ3v) is 4.94. The van der Waals surface area contributed by atoms with Gasteiger partial charge in [0.15, 0.2) is 22.3 Å². The summed E-state index contributed by atoms with van der Waals surface area (Å²) < 4.78 is 90.6. The predicted molar refractivity (Wildman–Crippen MR) is 84.7 cm³/mol. The fraction of sp³-hybridized carbons (Fsp3) is 0.533. The lowest BCUT2D eigenvalue weighted by Crippen LogP contribution is -2.57. The zero-order valence-electron chi connectivity index (χ0n) is 14.9. The van der Waals surface area contributed by atoms with E-state index < -0.39 is 61.7 Å². The molecule has 1 amide bonds. The van der Waals surface area contributed by atoms with Crippen LogP contribution in [0.2, 0.25) is 0 Å². The highest BCUT2D eigenvalue weighted by Gasteiger charge is 2.39. The van der Waals surface area contributed by atoms with E-state index in [1.165, 1.54) is 0 Å². The fourth-order valence-corrected chi connectivity index (χ4v) is 3.11. The van der Waals surface area contributed by atoms with Gasteiger partial charge < -0.3 is 14.4 Å². The Labute approximate surface area is 153 Å². The van der Waals surface area contributed by atoms with E-state index in [1.807, 2.05) is 0 Å². The quantitative estimate of drug-likeness (QED) is 0.464. The van der Waals surface area contributed by atoms with Gasteiger partial charge in [-0.25, -0.2) is 31.1 Å². The molecule has 0 atom stereocenters. The normalized spacial score (nSPS) is 15.5. The molecule has 1 fully saturated rings. The van der Waals surface area contributed by atoms with E-state index in [9.17, 15) is 30.8 Å². The first-order valence-corrected chi connectivity index (χ1v) is 9.21. The van der Waals surface area contributed by atoms with Crippen LogP contribution in [0.5, 0.6) is 5.75 Å². The van der Waals surface area contributed by atoms with Crippen LogP contribution in [0, 0.1) is 23.3 Å². The highest BCUT2D eigenvalue weighted by molar-refractivity contribution is 7.89. The first-order valence-electron chi connectivity index (χ1n) is 7.72. The first-order chi connectivity index (χ1) is 12.3. The average molecular weight is 414 g/mol. The molecule has 0 radical (unpaired) electrons. The molecule has 1 heterocycles. The summed E-state index contributed by atoms with van der Waals surface area (Å²) in [5.74, 6) is -9.88. The van der Waals surface area contributed by atoms with Gasteiger partial charge >= 0.3 is 6.09 Å². The molecule has 1 saturated heterocycles. The van der Waals surface area contributed by atoms with Crippen molar-refractivity contribution >= 4 is 16.1 Å². The molecule has 0 aliphatic carbocycles. The second kappa shape index (κ2) is 7.15. The van der Waals surface area contributed by atoms with Gasteiger partial charge in [-0.15, -0.1) is 0 Å². The SMILES string of the molecule is CNS(=O)(=O)c1c(F)c(F)c(F)c(F)c1OC1CN(C(=O)OC(C)(C)C)C1. The lowest BCUT2D eigenvalue weighted by Gasteiger charge is -2.39. The van der Waals surface area contributed by atoms with Crippen molar-refractivity contribution in [1.82, 2.24) is 9.62 Å². The Morgan fingerprint density at radius 3 is 2.07 bits per heavy atom. The Morgan fingerprint density at radius 2 is 1.59 bits per heavy atom. The molecule has 0 aromatic heterocycles. The maximum atomic E-state index is 14.1. The number of benzene rings is 1. The molecule has 1 aliphatic rings. The Hall–Kier alpha value is -2.08. The zero-order chi connectivity index (χ0) is 20.7. The maximum absolute atomic E-state index is 14.1. The van der Waals surface area contributed by atoms with Crippen molar-refractivity contribution in [1.29, 1.82) is 0 Å². The van der Waals surface area contributed by atoms with Crippen LogP contribution in [-0.4, -0.2) is 51.3 Å². The molecule has 0 spiro atoms. The molecule has 0 bridgehead atoms. The molecule has 0 saturated carbocycles. The van der Waals surface area contributed by atoms with Gasteiger partial charge in [-0.2, -0.15) is 4.39 Å². The predicted octanol–water partition coefficient (Wildman–Crippen LogP) is 2.15. The molecule has 1 aromatic rings. The average Bonchev–Trinajstić information content (AvgIpc) is 2.50. The number of rotatable bonds is 4. The van der Waals surface area contributed by atoms with Gasteiger partial charge in [-0.1, -0.05) is 0 Å². The lowest BCUT2D eigenvalue weighted by atomic mass is 10.1. The molecular weight excluding hydrogens is 396 g/mol. The van der Waals surface area contributed by atoms with Gasteiger partial charge in [0.2, 0.25) is 21.7 Å². The van der Waals surface area contributed by atoms with E-state index in [0.29, 0.717) is 0 Å². The number of likely N-dealkylation sites (tertiary alicyclic amines) is 1. The summed E-state index contributed by atoms with van der Waals surface area (Å²) in [5, 5.41) is 0. The topological polar surface area (TPSA) is 84.9 Å². The van der Waals surface area contributed by atoms with Gasteiger partial charge in [-0.3, -0.25) is 0 Å². The van der Waals surface area contributed by atoms with E-state index >= 15 is 0 Å². The second-order valence-electron chi connectivity index (χ2n) is 6.75. The number of ether oxygens (including phenoxy) is 2. The van der Waals surface area contributed by atoms with Crippen LogP contribution in [0.3, 0.4) is 0 Å². The van der Waals surface area contributed by atoms with Crippen LogP contribution in [0.25, 0.3) is 0 Å². The molecule has 27 heavy (non-hydrogen) atoms. The van der Waals surface area contributed by atoms with Crippen LogP contribution in [-0.2, 0) is 14.8 Å². The standard InChI is InChI=1S/C15H18F4N2O5S/c1-15(2,3)26-14(22)21-5-7(6-21)25-12-10(18)8(16)9(17)11(19)13(12)27(23,24)20-4/h7,20H,5-6H2,1-4H3. The van der Waals surface area contributed by atoms with E-state index in [1.54, 1.807) is 25.5 Å². The molecule has 1 N–H and O–H groups in total. The smallest absolute Gasteiger partial charge is 0.410 e. The first kappa shape index (κ1) is 21.2. The number of carbonyl (C=O) groups excluding carboxylic acids is 1. The summed E-state index contributed by atoms with van der Waals surface area (Å²) in [6, 6.07) is 0. The molecule has 2 rings (SSSR count). The van der Waals surface area contributed by atoms with Crippen molar-refractivity contribution in [2.45, 2.75) is 37.4 Å². The summed E-state index contributed by atoms with van der Waals surface area (Å²) in [6.07, 6.45) is -1.66. The van der Waals surface area contributed by atoms with Crippen LogP contribution in [0.1, 0.15) is 20.8 Å². The van der Waals surface area contributed by atoms with Crippen LogP contribution >= 0.6 is 0 Å². The van der Waals surface area contributed by atoms with Gasteiger partial charge in [0, 0.05) is 0 Å². The number of amides is 1. The van der Waals surface area contributed by atoms with Gasteiger partial charge in [0.05, 0.1) is 13.1 Å². The van der Waals surface area contributed by atoms with E-state index in [0.717, 1.165) is 11.9 Å². The monoisotopic (exact) mass is 414 g/mol. The zero-order valence-corrected chi connectivity index (χ0v) is 15.7. The van der Waals surface area contributed by atoms with Crippen molar-refractivity contribution in [3.8, 4) is 5.75 Å². The summed E-state index contributed by atoms with van der Waals surface area (Å²) >= 11 is 0. The minimum Gasteiger partial charge on any atom is -0.482 e. The summed E-state index contributed by atoms with van der Waals surface area (Å²) in [5.41, 5.74) is -0.758. The summed E-state index contributed by atoms with van der Waals surface area (Å²) in [6.45, 7) is 4.65. The highest BCUT2D eigenvalue weighted by Crippen LogP contribution is 2.35. The molecule has 152 valence electrons. The van der Waals surface area contributed by atoms with E-state index in [2.05, 4.69) is 0 Å². The third-order valence-electron chi connectivity index (χ3n) is 3.50. The minimum atomic E-state index is -4.71. The molecule has 0 unspecified atom stereocenters. The van der Waals surface area contributed by atoms with Crippen molar-refractivity contribution in [2.75, 3.05) is 20.1 Å². The summed E-state index contributed by atoms with van der Waals surface area (Å²) in [4.78, 5) is 11.5. The Morgan fingerprint density at radius 1 is 1.07 bits per heavy atom. The molecular formula is C15H18F4N2O5S. The van der Waals surface area contributed by atoms with Crippen molar-refractivity contribution in [2.24, 2.45) is 0 Å². The maximum Gasteiger partial charge on any atom is 0.410 e. The number of hydrogen-bond donors (Lipinski definition) is 1. The lowest BCUT2D eigenvalue weighted by molar-refractivity contribution is -0.0241. The van der Waals surface area contributed by atoms with Gasteiger partial charge in [0.1, 0.15) is 11.7 Å². The van der Waals surface area contributed by atoms with E-state index in [4.69, 9.17) is 9.47 Å². The number of nitrogens with one attached hydrogen (secondary N) is 1. The van der Waals surface area contributed by atoms with Crippen molar-refractivity contribution in [3.63, 3.8) is 0 Å². The summed E-state index contributed by atoms with van der Waals surface area (Å²) in [7, 11) is -3.83. The number of sulfonamides is 1. The second-order valence-corrected chi connectivity index (χ2v) is 8.57. The number of halogens is 4. The number of carbonyl (C=O) groups is 1. The molecule has 1 aliphatic heterocycles. The van der Waals surface area contributed by atoms with Gasteiger partial charge in [0.25, 0.3) is 0 Å². The van der Waals surface area contributed by atoms with Gasteiger partial charge in [-0.05, 0) is 27.8 Å². The van der Waals surface area contributed by atoms with E-state index in [-0.39, 0.29) is 13.1 Å². The fourth-order valence-electron chi connectivity index (χ4n) is 2.19. The largest absolute Gasteiger partial charge is 0.482 e. The Balaban J connectivity index is 2.27. The van der Waals surface area contributed by atoms with Crippen LogP contribution in [0.15, 0.2) is 4.90 Å². The number of hydrogen-bond acceptors (Lipinski definition) is 5. The molecule has 1 aromatic carbocycles. The minimum absolute atomic E-state index is 0.145. The van der Waals surface area contributed by atoms with Crippen molar-refractivity contribution in [3.05, 3.63) is 23.3 Å². The Bertz CT molecular complexity index is 864. The van der Waals surface area contributed by atoms with Crippen LogP contribution < -0.4 is 9.46 Å². The van der Waals surface area contributed by atoms with Crippen LogP contribution in [0.4, 0.5) is 22.4 Å².